The number of likely N-dealkylation sites (N-methyl/N-ethyl adjacent to an activating group) is 1. The van der Waals surface area contributed by atoms with E-state index < -0.39 is 0 Å². The predicted octanol–water partition coefficient (Wildman–Crippen LogP) is 1.52. The highest BCUT2D eigenvalue weighted by Gasteiger charge is 2.11. The van der Waals surface area contributed by atoms with E-state index in [1.165, 1.54) is 0 Å². The van der Waals surface area contributed by atoms with Crippen LogP contribution in [0.3, 0.4) is 0 Å². The molecule has 0 bridgehead atoms. The van der Waals surface area contributed by atoms with Crippen molar-refractivity contribution in [1.82, 2.24) is 15.2 Å². The van der Waals surface area contributed by atoms with Gasteiger partial charge in [-0.15, -0.1) is 0 Å². The van der Waals surface area contributed by atoms with Crippen LogP contribution < -0.4 is 10.1 Å². The monoisotopic (exact) mass is 327 g/mol. The number of hydrogen-bond acceptors (Lipinski definition) is 4. The molecule has 0 atom stereocenters. The fraction of sp³-hybridized carbons (Fsp3) is 0.278. The fourth-order valence-corrected chi connectivity index (χ4v) is 2.11. The highest BCUT2D eigenvalue weighted by Crippen LogP contribution is 2.11. The molecule has 126 valence electrons. The lowest BCUT2D eigenvalue weighted by atomic mass is 10.2. The average molecular weight is 327 g/mol. The molecule has 0 aliphatic rings. The summed E-state index contributed by atoms with van der Waals surface area (Å²) in [5.74, 6) is 0.262. The number of pyridine rings is 1. The molecule has 24 heavy (non-hydrogen) atoms. The number of nitrogens with one attached hydrogen (secondary N) is 1. The normalized spacial score (nSPS) is 10.1. The van der Waals surface area contributed by atoms with E-state index in [-0.39, 0.29) is 18.4 Å². The zero-order chi connectivity index (χ0) is 17.4. The Labute approximate surface area is 141 Å². The second kappa shape index (κ2) is 8.67. The Hall–Kier alpha value is -2.89. The highest BCUT2D eigenvalue weighted by molar-refractivity contribution is 5.96. The third-order valence-electron chi connectivity index (χ3n) is 3.66. The quantitative estimate of drug-likeness (QED) is 0.837. The summed E-state index contributed by atoms with van der Waals surface area (Å²) in [5.41, 5.74) is 1.61. The molecule has 1 N–H and O–H groups in total. The molecule has 0 aliphatic carbocycles. The van der Waals surface area contributed by atoms with Gasteiger partial charge in [-0.3, -0.25) is 14.6 Å². The average Bonchev–Trinajstić information content (AvgIpc) is 2.64. The standard InChI is InChI=1S/C18H21N3O3/c1-21(12-9-14-7-10-19-11-8-14)17(22)13-20-18(23)15-3-5-16(24-2)6-4-15/h3-8,10-11H,9,12-13H2,1-2H3,(H,20,23). The maximum atomic E-state index is 12.1. The second-order valence-electron chi connectivity index (χ2n) is 5.33. The molecule has 0 spiro atoms. The molecule has 0 fully saturated rings. The smallest absolute Gasteiger partial charge is 0.251 e. The number of ether oxygens (including phenoxy) is 1. The molecular formula is C18H21N3O3. The largest absolute Gasteiger partial charge is 0.497 e. The lowest BCUT2D eigenvalue weighted by molar-refractivity contribution is -0.128. The van der Waals surface area contributed by atoms with E-state index in [9.17, 15) is 9.59 Å². The highest BCUT2D eigenvalue weighted by atomic mass is 16.5. The minimum Gasteiger partial charge on any atom is -0.497 e. The topological polar surface area (TPSA) is 71.5 Å². The van der Waals surface area contributed by atoms with E-state index in [4.69, 9.17) is 4.74 Å². The van der Waals surface area contributed by atoms with Crippen molar-refractivity contribution in [1.29, 1.82) is 0 Å². The van der Waals surface area contributed by atoms with Gasteiger partial charge >= 0.3 is 0 Å². The lowest BCUT2D eigenvalue weighted by Crippen LogP contribution is -2.39. The number of amides is 2. The van der Waals surface area contributed by atoms with Crippen molar-refractivity contribution in [2.75, 3.05) is 27.2 Å². The molecule has 0 unspecified atom stereocenters. The van der Waals surface area contributed by atoms with Crippen molar-refractivity contribution in [3.8, 4) is 5.75 Å². The zero-order valence-electron chi connectivity index (χ0n) is 13.9. The lowest BCUT2D eigenvalue weighted by Gasteiger charge is -2.17. The molecule has 0 aliphatic heterocycles. The summed E-state index contributed by atoms with van der Waals surface area (Å²) in [6.07, 6.45) is 4.20. The molecule has 1 aromatic heterocycles. The number of rotatable bonds is 7. The molecule has 0 radical (unpaired) electrons. The third-order valence-corrected chi connectivity index (χ3v) is 3.66. The Morgan fingerprint density at radius 2 is 1.79 bits per heavy atom. The number of nitrogens with zero attached hydrogens (tertiary/aromatic N) is 2. The number of carbonyl (C=O) groups excluding carboxylic acids is 2. The van der Waals surface area contributed by atoms with Crippen molar-refractivity contribution in [3.05, 3.63) is 59.9 Å². The SMILES string of the molecule is COc1ccc(C(=O)NCC(=O)N(C)CCc2ccncc2)cc1. The first kappa shape index (κ1) is 17.5. The van der Waals surface area contributed by atoms with Crippen molar-refractivity contribution in [2.45, 2.75) is 6.42 Å². The van der Waals surface area contributed by atoms with Gasteiger partial charge in [0.05, 0.1) is 13.7 Å². The van der Waals surface area contributed by atoms with E-state index >= 15 is 0 Å². The Morgan fingerprint density at radius 1 is 1.12 bits per heavy atom. The summed E-state index contributed by atoms with van der Waals surface area (Å²) in [6, 6.07) is 10.6. The van der Waals surface area contributed by atoms with Crippen LogP contribution in [-0.4, -0.2) is 48.9 Å². The van der Waals surface area contributed by atoms with Crippen molar-refractivity contribution >= 4 is 11.8 Å². The molecular weight excluding hydrogens is 306 g/mol. The summed E-state index contributed by atoms with van der Waals surface area (Å²) in [4.78, 5) is 29.7. The molecule has 6 heteroatoms. The summed E-state index contributed by atoms with van der Waals surface area (Å²) in [6.45, 7) is 0.555. The van der Waals surface area contributed by atoms with E-state index in [1.54, 1.807) is 55.7 Å². The first-order valence-corrected chi connectivity index (χ1v) is 7.65. The Balaban J connectivity index is 1.77. The Morgan fingerprint density at radius 3 is 2.42 bits per heavy atom. The maximum Gasteiger partial charge on any atom is 0.251 e. The number of hydrogen-bond donors (Lipinski definition) is 1. The molecule has 0 saturated heterocycles. The van der Waals surface area contributed by atoms with Gasteiger partial charge in [0.15, 0.2) is 0 Å². The number of methoxy groups -OCH3 is 1. The van der Waals surface area contributed by atoms with Gasteiger partial charge in [-0.1, -0.05) is 0 Å². The van der Waals surface area contributed by atoms with Gasteiger partial charge < -0.3 is 15.0 Å². The minimum absolute atomic E-state index is 0.0301. The van der Waals surface area contributed by atoms with E-state index in [0.29, 0.717) is 17.9 Å². The molecule has 2 aromatic rings. The van der Waals surface area contributed by atoms with Gasteiger partial charge in [0, 0.05) is 31.5 Å². The first-order valence-electron chi connectivity index (χ1n) is 7.65. The van der Waals surface area contributed by atoms with Crippen LogP contribution in [0, 0.1) is 0 Å². The van der Waals surface area contributed by atoms with Crippen molar-refractivity contribution < 1.29 is 14.3 Å². The summed E-state index contributed by atoms with van der Waals surface area (Å²) < 4.78 is 5.05. The van der Waals surface area contributed by atoms with E-state index in [2.05, 4.69) is 10.3 Å². The molecule has 1 aromatic carbocycles. The molecule has 2 rings (SSSR count). The van der Waals surface area contributed by atoms with Crippen LogP contribution in [0.5, 0.6) is 5.75 Å². The summed E-state index contributed by atoms with van der Waals surface area (Å²) in [5, 5.41) is 2.63. The Bertz CT molecular complexity index is 672. The van der Waals surface area contributed by atoms with Crippen LogP contribution in [0.2, 0.25) is 0 Å². The van der Waals surface area contributed by atoms with Gasteiger partial charge in [0.25, 0.3) is 5.91 Å². The molecule has 1 heterocycles. The van der Waals surface area contributed by atoms with E-state index in [0.717, 1.165) is 12.0 Å². The maximum absolute atomic E-state index is 12.1. The molecule has 0 saturated carbocycles. The summed E-state index contributed by atoms with van der Waals surface area (Å²) >= 11 is 0. The fourth-order valence-electron chi connectivity index (χ4n) is 2.11. The molecule has 6 nitrogen and oxygen atoms in total. The number of carbonyl (C=O) groups is 2. The van der Waals surface area contributed by atoms with Crippen LogP contribution >= 0.6 is 0 Å². The third kappa shape index (κ3) is 5.08. The van der Waals surface area contributed by atoms with Gasteiger partial charge in [-0.05, 0) is 48.4 Å². The second-order valence-corrected chi connectivity index (χ2v) is 5.33. The van der Waals surface area contributed by atoms with Crippen molar-refractivity contribution in [2.24, 2.45) is 0 Å². The minimum atomic E-state index is -0.284. The van der Waals surface area contributed by atoms with Crippen LogP contribution in [0.15, 0.2) is 48.8 Å². The van der Waals surface area contributed by atoms with Crippen LogP contribution in [-0.2, 0) is 11.2 Å². The van der Waals surface area contributed by atoms with Crippen LogP contribution in [0.25, 0.3) is 0 Å². The summed E-state index contributed by atoms with van der Waals surface area (Å²) in [7, 11) is 3.29. The first-order chi connectivity index (χ1) is 11.6. The van der Waals surface area contributed by atoms with Gasteiger partial charge in [0.1, 0.15) is 5.75 Å². The molecule has 2 amide bonds. The number of benzene rings is 1. The predicted molar refractivity (Wildman–Crippen MR) is 90.9 cm³/mol. The van der Waals surface area contributed by atoms with Gasteiger partial charge in [-0.2, -0.15) is 0 Å². The van der Waals surface area contributed by atoms with Crippen LogP contribution in [0.4, 0.5) is 0 Å². The Kier molecular flexibility index (Phi) is 6.31. The zero-order valence-corrected chi connectivity index (χ0v) is 13.9. The number of aromatic nitrogens is 1. The van der Waals surface area contributed by atoms with Crippen LogP contribution in [0.1, 0.15) is 15.9 Å². The van der Waals surface area contributed by atoms with Crippen molar-refractivity contribution in [3.63, 3.8) is 0 Å². The van der Waals surface area contributed by atoms with Gasteiger partial charge in [0.2, 0.25) is 5.91 Å². The van der Waals surface area contributed by atoms with Gasteiger partial charge in [-0.25, -0.2) is 0 Å². The van der Waals surface area contributed by atoms with E-state index in [1.807, 2.05) is 12.1 Å².